The van der Waals surface area contributed by atoms with Crippen LogP contribution in [0.4, 0.5) is 0 Å². The molecule has 0 fully saturated rings. The normalized spacial score (nSPS) is 10.9. The third-order valence-corrected chi connectivity index (χ3v) is 2.89. The molecule has 0 aliphatic rings. The minimum Gasteiger partial charge on any atom is -0.330 e. The zero-order valence-electron chi connectivity index (χ0n) is 7.76. The van der Waals surface area contributed by atoms with E-state index in [0.29, 0.717) is 0 Å². The first-order valence-corrected chi connectivity index (χ1v) is 5.53. The zero-order chi connectivity index (χ0) is 9.80. The summed E-state index contributed by atoms with van der Waals surface area (Å²) < 4.78 is 1.99. The van der Waals surface area contributed by atoms with Crippen molar-refractivity contribution < 1.29 is 0 Å². The Morgan fingerprint density at radius 2 is 2.29 bits per heavy atom. The highest BCUT2D eigenvalue weighted by Gasteiger charge is 2.03. The first-order chi connectivity index (χ1) is 6.92. The number of fused-ring (bicyclic) bond motifs is 1. The first-order valence-electron chi connectivity index (χ1n) is 4.54. The van der Waals surface area contributed by atoms with Gasteiger partial charge in [-0.3, -0.25) is 4.40 Å². The Balaban J connectivity index is 2.17. The molecule has 14 heavy (non-hydrogen) atoms. The van der Waals surface area contributed by atoms with Gasteiger partial charge >= 0.3 is 0 Å². The lowest BCUT2D eigenvalue weighted by Gasteiger charge is -1.97. The summed E-state index contributed by atoms with van der Waals surface area (Å²) in [6, 6.07) is 5.88. The number of thioether (sulfide) groups is 1. The van der Waals surface area contributed by atoms with Gasteiger partial charge in [-0.05, 0) is 25.1 Å². The van der Waals surface area contributed by atoms with Crippen LogP contribution in [0.1, 0.15) is 6.42 Å². The first kappa shape index (κ1) is 9.48. The Morgan fingerprint density at radius 3 is 3.14 bits per heavy atom. The molecular weight excluding hydrogens is 196 g/mol. The van der Waals surface area contributed by atoms with Crippen molar-refractivity contribution in [1.29, 1.82) is 0 Å². The highest BCUT2D eigenvalue weighted by atomic mass is 32.2. The highest BCUT2D eigenvalue weighted by Crippen LogP contribution is 2.16. The van der Waals surface area contributed by atoms with Gasteiger partial charge in [-0.15, -0.1) is 10.2 Å². The van der Waals surface area contributed by atoms with E-state index < -0.39 is 0 Å². The van der Waals surface area contributed by atoms with Crippen molar-refractivity contribution in [1.82, 2.24) is 14.6 Å². The summed E-state index contributed by atoms with van der Waals surface area (Å²) in [5.74, 6) is 0.992. The van der Waals surface area contributed by atoms with Gasteiger partial charge < -0.3 is 5.73 Å². The van der Waals surface area contributed by atoms with E-state index in [1.54, 1.807) is 11.8 Å². The van der Waals surface area contributed by atoms with E-state index in [1.165, 1.54) is 0 Å². The Hall–Kier alpha value is -1.07. The van der Waals surface area contributed by atoms with Gasteiger partial charge in [-0.1, -0.05) is 17.8 Å². The van der Waals surface area contributed by atoms with Crippen molar-refractivity contribution in [2.45, 2.75) is 11.6 Å². The quantitative estimate of drug-likeness (QED) is 0.605. The van der Waals surface area contributed by atoms with Crippen LogP contribution in [0.2, 0.25) is 0 Å². The molecule has 2 heterocycles. The molecule has 0 saturated carbocycles. The summed E-state index contributed by atoms with van der Waals surface area (Å²) >= 11 is 1.69. The number of aromatic nitrogens is 3. The number of hydrogen-bond acceptors (Lipinski definition) is 4. The summed E-state index contributed by atoms with van der Waals surface area (Å²) in [6.07, 6.45) is 2.98. The van der Waals surface area contributed by atoms with Crippen LogP contribution in [0.5, 0.6) is 0 Å². The average molecular weight is 208 g/mol. The molecule has 2 aromatic heterocycles. The number of hydrogen-bond donors (Lipinski definition) is 1. The van der Waals surface area contributed by atoms with Crippen LogP contribution in [-0.4, -0.2) is 26.9 Å². The molecule has 0 radical (unpaired) electrons. The van der Waals surface area contributed by atoms with Gasteiger partial charge in [0.25, 0.3) is 0 Å². The van der Waals surface area contributed by atoms with Crippen molar-refractivity contribution in [2.24, 2.45) is 5.73 Å². The second-order valence-electron chi connectivity index (χ2n) is 2.90. The zero-order valence-corrected chi connectivity index (χ0v) is 8.57. The predicted molar refractivity (Wildman–Crippen MR) is 57.4 cm³/mol. The minimum atomic E-state index is 0.726. The van der Waals surface area contributed by atoms with E-state index in [-0.39, 0.29) is 0 Å². The fourth-order valence-corrected chi connectivity index (χ4v) is 2.05. The van der Waals surface area contributed by atoms with E-state index >= 15 is 0 Å². The predicted octanol–water partition coefficient (Wildman–Crippen LogP) is 1.17. The van der Waals surface area contributed by atoms with Gasteiger partial charge in [0.05, 0.1) is 0 Å². The summed E-state index contributed by atoms with van der Waals surface area (Å²) in [6.45, 7) is 0.726. The molecule has 74 valence electrons. The highest BCUT2D eigenvalue weighted by molar-refractivity contribution is 7.99. The topological polar surface area (TPSA) is 56.2 Å². The Bertz CT molecular complexity index is 412. The van der Waals surface area contributed by atoms with Gasteiger partial charge in [0.15, 0.2) is 10.8 Å². The lowest BCUT2D eigenvalue weighted by molar-refractivity contribution is 0.904. The summed E-state index contributed by atoms with van der Waals surface area (Å²) in [5, 5.41) is 9.10. The smallest absolute Gasteiger partial charge is 0.195 e. The van der Waals surface area contributed by atoms with E-state index in [4.69, 9.17) is 5.73 Å². The number of rotatable bonds is 4. The van der Waals surface area contributed by atoms with Crippen molar-refractivity contribution in [3.05, 3.63) is 24.4 Å². The van der Waals surface area contributed by atoms with Crippen LogP contribution in [0.15, 0.2) is 29.6 Å². The van der Waals surface area contributed by atoms with Crippen molar-refractivity contribution in [2.75, 3.05) is 12.3 Å². The van der Waals surface area contributed by atoms with E-state index in [2.05, 4.69) is 10.2 Å². The molecule has 0 atom stereocenters. The average Bonchev–Trinajstić information content (AvgIpc) is 2.63. The number of nitrogens with two attached hydrogens (primary N) is 1. The molecule has 2 aromatic rings. The fourth-order valence-electron chi connectivity index (χ4n) is 1.16. The maximum Gasteiger partial charge on any atom is 0.195 e. The van der Waals surface area contributed by atoms with E-state index in [0.717, 1.165) is 29.5 Å². The third kappa shape index (κ3) is 1.88. The van der Waals surface area contributed by atoms with E-state index in [1.807, 2.05) is 28.8 Å². The van der Waals surface area contributed by atoms with Crippen molar-refractivity contribution in [3.8, 4) is 0 Å². The van der Waals surface area contributed by atoms with Crippen molar-refractivity contribution in [3.63, 3.8) is 0 Å². The molecule has 0 aromatic carbocycles. The van der Waals surface area contributed by atoms with Crippen LogP contribution in [-0.2, 0) is 0 Å². The molecule has 2 N–H and O–H groups in total. The monoisotopic (exact) mass is 208 g/mol. The third-order valence-electron chi connectivity index (χ3n) is 1.86. The van der Waals surface area contributed by atoms with E-state index in [9.17, 15) is 0 Å². The van der Waals surface area contributed by atoms with Crippen LogP contribution in [0.25, 0.3) is 5.65 Å². The molecule has 4 nitrogen and oxygen atoms in total. The Kier molecular flexibility index (Phi) is 3.00. The molecule has 0 aliphatic carbocycles. The number of nitrogens with zero attached hydrogens (tertiary/aromatic N) is 3. The number of pyridine rings is 1. The molecule has 0 bridgehead atoms. The standard InChI is InChI=1S/C9H12N4S/c10-5-3-7-14-9-12-11-8-4-1-2-6-13(8)9/h1-2,4,6H,3,5,7,10H2. The largest absolute Gasteiger partial charge is 0.330 e. The van der Waals surface area contributed by atoms with Crippen LogP contribution in [0, 0.1) is 0 Å². The van der Waals surface area contributed by atoms with Gasteiger partial charge in [0.2, 0.25) is 0 Å². The second-order valence-corrected chi connectivity index (χ2v) is 3.96. The lowest BCUT2D eigenvalue weighted by Crippen LogP contribution is -1.99. The van der Waals surface area contributed by atoms with Gasteiger partial charge in [-0.2, -0.15) is 0 Å². The molecular formula is C9H12N4S. The lowest BCUT2D eigenvalue weighted by atomic mass is 10.5. The summed E-state index contributed by atoms with van der Waals surface area (Å²) in [7, 11) is 0. The van der Waals surface area contributed by atoms with Crippen LogP contribution in [0.3, 0.4) is 0 Å². The SMILES string of the molecule is NCCCSc1nnc2ccccn12. The van der Waals surface area contributed by atoms with Crippen molar-refractivity contribution >= 4 is 17.4 Å². The summed E-state index contributed by atoms with van der Waals surface area (Å²) in [4.78, 5) is 0. The minimum absolute atomic E-state index is 0.726. The molecule has 5 heteroatoms. The Labute approximate surface area is 86.5 Å². The second kappa shape index (κ2) is 4.43. The summed E-state index contributed by atoms with van der Waals surface area (Å²) in [5.41, 5.74) is 6.32. The molecule has 0 amide bonds. The Morgan fingerprint density at radius 1 is 1.36 bits per heavy atom. The van der Waals surface area contributed by atoms with Crippen LogP contribution >= 0.6 is 11.8 Å². The molecule has 2 rings (SSSR count). The fraction of sp³-hybridized carbons (Fsp3) is 0.333. The molecule has 0 unspecified atom stereocenters. The molecule has 0 saturated heterocycles. The van der Waals surface area contributed by atoms with Gasteiger partial charge in [0, 0.05) is 11.9 Å². The molecule has 0 spiro atoms. The maximum absolute atomic E-state index is 5.42. The van der Waals surface area contributed by atoms with Gasteiger partial charge in [-0.25, -0.2) is 0 Å². The maximum atomic E-state index is 5.42. The molecule has 0 aliphatic heterocycles. The van der Waals surface area contributed by atoms with Crippen LogP contribution < -0.4 is 5.73 Å². The van der Waals surface area contributed by atoms with Gasteiger partial charge in [0.1, 0.15) is 0 Å².